The van der Waals surface area contributed by atoms with E-state index >= 15 is 0 Å². The van der Waals surface area contributed by atoms with Crippen molar-refractivity contribution in [2.24, 2.45) is 5.92 Å². The molecule has 0 aliphatic heterocycles. The molecule has 1 aliphatic rings. The van der Waals surface area contributed by atoms with E-state index in [-0.39, 0.29) is 11.3 Å². The van der Waals surface area contributed by atoms with Gasteiger partial charge in [-0.3, -0.25) is 0 Å². The van der Waals surface area contributed by atoms with Crippen LogP contribution in [0.25, 0.3) is 0 Å². The highest BCUT2D eigenvalue weighted by molar-refractivity contribution is 5.91. The van der Waals surface area contributed by atoms with Crippen LogP contribution in [0.15, 0.2) is 48.5 Å². The molecule has 2 aromatic carbocycles. The number of ether oxygens (including phenoxy) is 3. The Morgan fingerprint density at radius 3 is 2.37 bits per heavy atom. The minimum absolute atomic E-state index is 0.0250. The Kier molecular flexibility index (Phi) is 6.25. The van der Waals surface area contributed by atoms with E-state index < -0.39 is 23.7 Å². The molecule has 30 heavy (non-hydrogen) atoms. The Labute approximate surface area is 172 Å². The number of alkyl halides is 3. The second kappa shape index (κ2) is 8.70. The van der Waals surface area contributed by atoms with E-state index in [9.17, 15) is 18.0 Å². The standard InChI is InChI=1S/C23H21F3O4/c1-3-22(2,14-13-16-9-10-16)29-20-15-17(11-12-19(20)30-23(24,25)26)21(27)28-18-7-5-4-6-8-18/h4-8,11-12,15-16H,3,9-10H2,1-2H3. The van der Waals surface area contributed by atoms with Crippen LogP contribution in [0.3, 0.4) is 0 Å². The van der Waals surface area contributed by atoms with Crippen molar-refractivity contribution in [3.8, 4) is 29.1 Å². The quantitative estimate of drug-likeness (QED) is 0.340. The number of rotatable bonds is 6. The van der Waals surface area contributed by atoms with E-state index in [1.165, 1.54) is 12.1 Å². The topological polar surface area (TPSA) is 44.8 Å². The molecule has 0 amide bonds. The Bertz CT molecular complexity index is 956. The van der Waals surface area contributed by atoms with Gasteiger partial charge in [0.2, 0.25) is 0 Å². The molecule has 1 fully saturated rings. The predicted octanol–water partition coefficient (Wildman–Crippen LogP) is 5.77. The number of esters is 1. The van der Waals surface area contributed by atoms with Gasteiger partial charge in [0.15, 0.2) is 17.1 Å². The van der Waals surface area contributed by atoms with Crippen molar-refractivity contribution in [1.29, 1.82) is 0 Å². The van der Waals surface area contributed by atoms with Gasteiger partial charge in [-0.25, -0.2) is 4.79 Å². The van der Waals surface area contributed by atoms with E-state index in [4.69, 9.17) is 9.47 Å². The van der Waals surface area contributed by atoms with Crippen molar-refractivity contribution < 1.29 is 32.2 Å². The van der Waals surface area contributed by atoms with Crippen LogP contribution in [0.5, 0.6) is 17.2 Å². The molecular weight excluding hydrogens is 397 g/mol. The summed E-state index contributed by atoms with van der Waals surface area (Å²) in [5, 5.41) is 0. The minimum Gasteiger partial charge on any atom is -0.471 e. The maximum Gasteiger partial charge on any atom is 0.573 e. The molecule has 0 bridgehead atoms. The van der Waals surface area contributed by atoms with Gasteiger partial charge in [0.1, 0.15) is 5.75 Å². The molecule has 0 aromatic heterocycles. The van der Waals surface area contributed by atoms with Crippen LogP contribution in [-0.4, -0.2) is 17.9 Å². The van der Waals surface area contributed by atoms with Gasteiger partial charge < -0.3 is 14.2 Å². The molecule has 158 valence electrons. The average molecular weight is 418 g/mol. The molecule has 3 rings (SSSR count). The minimum atomic E-state index is -4.91. The van der Waals surface area contributed by atoms with Gasteiger partial charge in [-0.2, -0.15) is 0 Å². The molecule has 0 heterocycles. The fourth-order valence-electron chi connectivity index (χ4n) is 2.49. The van der Waals surface area contributed by atoms with Crippen LogP contribution < -0.4 is 14.2 Å². The molecule has 1 aliphatic carbocycles. The molecular formula is C23H21F3O4. The van der Waals surface area contributed by atoms with E-state index in [1.807, 2.05) is 6.92 Å². The first-order valence-corrected chi connectivity index (χ1v) is 9.56. The lowest BCUT2D eigenvalue weighted by atomic mass is 10.0. The summed E-state index contributed by atoms with van der Waals surface area (Å²) < 4.78 is 53.7. The summed E-state index contributed by atoms with van der Waals surface area (Å²) in [6.45, 7) is 3.51. The maximum absolute atomic E-state index is 12.8. The van der Waals surface area contributed by atoms with Gasteiger partial charge in [0.05, 0.1) is 5.56 Å². The number of halogens is 3. The van der Waals surface area contributed by atoms with Crippen molar-refractivity contribution >= 4 is 5.97 Å². The maximum atomic E-state index is 12.8. The number of para-hydroxylation sites is 1. The number of benzene rings is 2. The second-order valence-electron chi connectivity index (χ2n) is 7.14. The van der Waals surface area contributed by atoms with Crippen molar-refractivity contribution in [3.05, 3.63) is 54.1 Å². The molecule has 0 N–H and O–H groups in total. The van der Waals surface area contributed by atoms with Crippen molar-refractivity contribution in [2.45, 2.75) is 45.1 Å². The third kappa shape index (κ3) is 6.18. The van der Waals surface area contributed by atoms with Crippen molar-refractivity contribution in [1.82, 2.24) is 0 Å². The van der Waals surface area contributed by atoms with E-state index in [0.29, 0.717) is 18.1 Å². The Balaban J connectivity index is 1.90. The summed E-state index contributed by atoms with van der Waals surface area (Å²) in [6.07, 6.45) is -2.46. The van der Waals surface area contributed by atoms with Gasteiger partial charge in [0.25, 0.3) is 0 Å². The molecule has 1 unspecified atom stereocenters. The number of carbonyl (C=O) groups excluding carboxylic acids is 1. The van der Waals surface area contributed by atoms with Gasteiger partial charge in [0, 0.05) is 5.92 Å². The Hall–Kier alpha value is -3.14. The largest absolute Gasteiger partial charge is 0.573 e. The smallest absolute Gasteiger partial charge is 0.471 e. The summed E-state index contributed by atoms with van der Waals surface area (Å²) >= 11 is 0. The average Bonchev–Trinajstić information content (AvgIpc) is 3.52. The highest BCUT2D eigenvalue weighted by Crippen LogP contribution is 2.36. The predicted molar refractivity (Wildman–Crippen MR) is 104 cm³/mol. The lowest BCUT2D eigenvalue weighted by Crippen LogP contribution is -2.30. The molecule has 4 nitrogen and oxygen atoms in total. The lowest BCUT2D eigenvalue weighted by Gasteiger charge is -2.26. The highest BCUT2D eigenvalue weighted by atomic mass is 19.4. The summed E-state index contributed by atoms with van der Waals surface area (Å²) in [4.78, 5) is 12.5. The van der Waals surface area contributed by atoms with E-state index in [2.05, 4.69) is 16.6 Å². The molecule has 0 saturated heterocycles. The molecule has 0 radical (unpaired) electrons. The number of carbonyl (C=O) groups is 1. The first kappa shape index (κ1) is 21.6. The monoisotopic (exact) mass is 418 g/mol. The Morgan fingerprint density at radius 2 is 1.77 bits per heavy atom. The SMILES string of the molecule is CCC(C)(C#CC1CC1)Oc1cc(C(=O)Oc2ccccc2)ccc1OC(F)(F)F. The first-order chi connectivity index (χ1) is 14.2. The van der Waals surface area contributed by atoms with Crippen LogP contribution >= 0.6 is 0 Å². The van der Waals surface area contributed by atoms with Crippen LogP contribution in [0, 0.1) is 17.8 Å². The zero-order valence-corrected chi connectivity index (χ0v) is 16.6. The number of hydrogen-bond donors (Lipinski definition) is 0. The third-order valence-corrected chi connectivity index (χ3v) is 4.49. The summed E-state index contributed by atoms with van der Waals surface area (Å²) in [7, 11) is 0. The van der Waals surface area contributed by atoms with Crippen LogP contribution in [0.1, 0.15) is 43.5 Å². The Morgan fingerprint density at radius 1 is 1.07 bits per heavy atom. The molecule has 7 heteroatoms. The first-order valence-electron chi connectivity index (χ1n) is 9.56. The van der Waals surface area contributed by atoms with Crippen LogP contribution in [0.4, 0.5) is 13.2 Å². The summed E-state index contributed by atoms with van der Waals surface area (Å²) in [5.41, 5.74) is -1.01. The van der Waals surface area contributed by atoms with Gasteiger partial charge in [-0.1, -0.05) is 37.0 Å². The van der Waals surface area contributed by atoms with E-state index in [1.54, 1.807) is 37.3 Å². The fourth-order valence-corrected chi connectivity index (χ4v) is 2.49. The van der Waals surface area contributed by atoms with Gasteiger partial charge in [-0.05, 0) is 56.5 Å². The van der Waals surface area contributed by atoms with E-state index in [0.717, 1.165) is 18.9 Å². The molecule has 0 spiro atoms. The molecule has 2 aromatic rings. The fraction of sp³-hybridized carbons (Fsp3) is 0.348. The second-order valence-corrected chi connectivity index (χ2v) is 7.14. The van der Waals surface area contributed by atoms with Crippen LogP contribution in [-0.2, 0) is 0 Å². The zero-order chi connectivity index (χ0) is 21.8. The summed E-state index contributed by atoms with van der Waals surface area (Å²) in [5.74, 6) is 5.19. The van der Waals surface area contributed by atoms with Gasteiger partial charge in [-0.15, -0.1) is 13.2 Å². The van der Waals surface area contributed by atoms with Crippen LogP contribution in [0.2, 0.25) is 0 Å². The third-order valence-electron chi connectivity index (χ3n) is 4.49. The zero-order valence-electron chi connectivity index (χ0n) is 16.6. The molecule has 1 atom stereocenters. The number of hydrogen-bond acceptors (Lipinski definition) is 4. The summed E-state index contributed by atoms with van der Waals surface area (Å²) in [6, 6.07) is 11.8. The van der Waals surface area contributed by atoms with Gasteiger partial charge >= 0.3 is 12.3 Å². The highest BCUT2D eigenvalue weighted by Gasteiger charge is 2.34. The normalized spacial score (nSPS) is 15.4. The van der Waals surface area contributed by atoms with Crippen molar-refractivity contribution in [2.75, 3.05) is 0 Å². The molecule has 1 saturated carbocycles. The lowest BCUT2D eigenvalue weighted by molar-refractivity contribution is -0.275. The van der Waals surface area contributed by atoms with Crippen molar-refractivity contribution in [3.63, 3.8) is 0 Å².